The predicted octanol–water partition coefficient (Wildman–Crippen LogP) is 1.87. The Labute approximate surface area is 87.4 Å². The molecule has 0 N–H and O–H groups in total. The van der Waals surface area contributed by atoms with Crippen molar-refractivity contribution >= 4 is 0 Å². The van der Waals surface area contributed by atoms with Crippen LogP contribution in [0.15, 0.2) is 0 Å². The molecule has 1 aliphatic rings. The fourth-order valence-electron chi connectivity index (χ4n) is 1.86. The lowest BCUT2D eigenvalue weighted by atomic mass is 10.4. The Kier molecular flexibility index (Phi) is 6.15. The van der Waals surface area contributed by atoms with Crippen LogP contribution in [0.25, 0.3) is 0 Å². The van der Waals surface area contributed by atoms with Gasteiger partial charge in [-0.15, -0.1) is 0 Å². The number of likely N-dealkylation sites (tertiary alicyclic amines) is 1. The molecule has 0 aliphatic carbocycles. The second kappa shape index (κ2) is 7.21. The van der Waals surface area contributed by atoms with E-state index in [1.165, 1.54) is 32.5 Å². The predicted molar refractivity (Wildman–Crippen MR) is 57.3 cm³/mol. The summed E-state index contributed by atoms with van der Waals surface area (Å²) in [4.78, 5) is 2.51. The molecule has 0 radical (unpaired) electrons. The van der Waals surface area contributed by atoms with E-state index in [1.807, 2.05) is 0 Å². The highest BCUT2D eigenvalue weighted by molar-refractivity contribution is 4.65. The van der Waals surface area contributed by atoms with Gasteiger partial charge >= 0.3 is 0 Å². The van der Waals surface area contributed by atoms with Crippen LogP contribution in [-0.4, -0.2) is 44.5 Å². The van der Waals surface area contributed by atoms with Gasteiger partial charge in [0.25, 0.3) is 0 Å². The van der Waals surface area contributed by atoms with Crippen molar-refractivity contribution in [2.45, 2.75) is 38.9 Å². The van der Waals surface area contributed by atoms with Gasteiger partial charge in [0.15, 0.2) is 6.29 Å². The zero-order chi connectivity index (χ0) is 10.2. The molecule has 3 heteroatoms. The maximum atomic E-state index is 5.55. The van der Waals surface area contributed by atoms with Crippen molar-refractivity contribution in [3.8, 4) is 0 Å². The smallest absolute Gasteiger partial charge is 0.156 e. The molecule has 1 unspecified atom stereocenters. The summed E-state index contributed by atoms with van der Waals surface area (Å²) in [5, 5.41) is 0. The van der Waals surface area contributed by atoms with Crippen LogP contribution >= 0.6 is 0 Å². The van der Waals surface area contributed by atoms with Crippen LogP contribution in [0.4, 0.5) is 0 Å². The molecular formula is C11H23NO2. The minimum Gasteiger partial charge on any atom is -0.356 e. The van der Waals surface area contributed by atoms with E-state index in [2.05, 4.69) is 11.8 Å². The number of rotatable bonds is 7. The van der Waals surface area contributed by atoms with Crippen LogP contribution in [0.1, 0.15) is 32.6 Å². The molecule has 1 rings (SSSR count). The molecule has 1 aliphatic heterocycles. The van der Waals surface area contributed by atoms with Crippen molar-refractivity contribution in [3.05, 3.63) is 0 Å². The van der Waals surface area contributed by atoms with Gasteiger partial charge < -0.3 is 14.4 Å². The number of hydrogen-bond donors (Lipinski definition) is 0. The highest BCUT2D eigenvalue weighted by Gasteiger charge is 2.10. The van der Waals surface area contributed by atoms with E-state index in [-0.39, 0.29) is 6.29 Å². The number of methoxy groups -OCH3 is 1. The second-order valence-corrected chi connectivity index (χ2v) is 3.85. The summed E-state index contributed by atoms with van der Waals surface area (Å²) in [6, 6.07) is 0. The van der Waals surface area contributed by atoms with Crippen LogP contribution in [0, 0.1) is 0 Å². The topological polar surface area (TPSA) is 21.7 Å². The fraction of sp³-hybridized carbons (Fsp3) is 1.00. The fourth-order valence-corrected chi connectivity index (χ4v) is 1.86. The summed E-state index contributed by atoms with van der Waals surface area (Å²) in [7, 11) is 1.70. The Bertz CT molecular complexity index is 127. The largest absolute Gasteiger partial charge is 0.356 e. The van der Waals surface area contributed by atoms with E-state index in [1.54, 1.807) is 7.11 Å². The van der Waals surface area contributed by atoms with Crippen LogP contribution in [0.3, 0.4) is 0 Å². The summed E-state index contributed by atoms with van der Waals surface area (Å²) in [6.45, 7) is 6.64. The van der Waals surface area contributed by atoms with E-state index < -0.39 is 0 Å². The number of ether oxygens (including phenoxy) is 2. The lowest BCUT2D eigenvalue weighted by molar-refractivity contribution is -0.125. The minimum atomic E-state index is -0.00595. The van der Waals surface area contributed by atoms with Gasteiger partial charge in [0.05, 0.1) is 6.61 Å². The Morgan fingerprint density at radius 1 is 1.29 bits per heavy atom. The van der Waals surface area contributed by atoms with E-state index in [0.29, 0.717) is 0 Å². The highest BCUT2D eigenvalue weighted by Crippen LogP contribution is 2.07. The molecule has 84 valence electrons. The average Bonchev–Trinajstić information content (AvgIpc) is 2.71. The Balaban J connectivity index is 1.92. The first-order valence-corrected chi connectivity index (χ1v) is 5.73. The third-order valence-corrected chi connectivity index (χ3v) is 2.72. The molecule has 0 aromatic carbocycles. The summed E-state index contributed by atoms with van der Waals surface area (Å²) in [5.41, 5.74) is 0. The molecule has 0 aromatic heterocycles. The first-order chi connectivity index (χ1) is 6.86. The molecule has 3 nitrogen and oxygen atoms in total. The van der Waals surface area contributed by atoms with Gasteiger partial charge in [0.2, 0.25) is 0 Å². The maximum absolute atomic E-state index is 5.55. The molecular weight excluding hydrogens is 178 g/mol. The van der Waals surface area contributed by atoms with Crippen molar-refractivity contribution in [1.82, 2.24) is 4.90 Å². The van der Waals surface area contributed by atoms with Gasteiger partial charge in [-0.05, 0) is 38.8 Å². The lowest BCUT2D eigenvalue weighted by Crippen LogP contribution is -2.23. The van der Waals surface area contributed by atoms with Gasteiger partial charge in [-0.1, -0.05) is 6.92 Å². The van der Waals surface area contributed by atoms with Crippen molar-refractivity contribution in [2.75, 3.05) is 33.4 Å². The van der Waals surface area contributed by atoms with Crippen molar-refractivity contribution in [2.24, 2.45) is 0 Å². The number of nitrogens with zero attached hydrogens (tertiary/aromatic N) is 1. The Hall–Kier alpha value is -0.120. The quantitative estimate of drug-likeness (QED) is 0.463. The molecule has 0 saturated carbocycles. The van der Waals surface area contributed by atoms with Gasteiger partial charge in [0.1, 0.15) is 0 Å². The first-order valence-electron chi connectivity index (χ1n) is 5.73. The maximum Gasteiger partial charge on any atom is 0.156 e. The van der Waals surface area contributed by atoms with Crippen LogP contribution < -0.4 is 0 Å². The standard InChI is InChI=1S/C11H23NO2/c1-3-11(13-2)14-10-6-9-12-7-4-5-8-12/h11H,3-10H2,1-2H3. The third-order valence-electron chi connectivity index (χ3n) is 2.72. The average molecular weight is 201 g/mol. The van der Waals surface area contributed by atoms with E-state index in [4.69, 9.17) is 9.47 Å². The zero-order valence-electron chi connectivity index (χ0n) is 9.50. The highest BCUT2D eigenvalue weighted by atomic mass is 16.7. The molecule has 14 heavy (non-hydrogen) atoms. The Morgan fingerprint density at radius 3 is 2.57 bits per heavy atom. The molecule has 1 heterocycles. The van der Waals surface area contributed by atoms with Gasteiger partial charge in [0, 0.05) is 13.7 Å². The van der Waals surface area contributed by atoms with E-state index in [0.717, 1.165) is 19.4 Å². The van der Waals surface area contributed by atoms with Crippen molar-refractivity contribution in [3.63, 3.8) is 0 Å². The lowest BCUT2D eigenvalue weighted by Gasteiger charge is -2.17. The summed E-state index contributed by atoms with van der Waals surface area (Å²) < 4.78 is 10.7. The van der Waals surface area contributed by atoms with E-state index >= 15 is 0 Å². The molecule has 1 atom stereocenters. The van der Waals surface area contributed by atoms with Crippen LogP contribution in [0.5, 0.6) is 0 Å². The number of hydrogen-bond acceptors (Lipinski definition) is 3. The van der Waals surface area contributed by atoms with Crippen molar-refractivity contribution < 1.29 is 9.47 Å². The van der Waals surface area contributed by atoms with Crippen LogP contribution in [0.2, 0.25) is 0 Å². The monoisotopic (exact) mass is 201 g/mol. The SMILES string of the molecule is CCC(OC)OCCCN1CCCC1. The minimum absolute atomic E-state index is 0.00595. The van der Waals surface area contributed by atoms with Gasteiger partial charge in [-0.25, -0.2) is 0 Å². The van der Waals surface area contributed by atoms with Crippen LogP contribution in [-0.2, 0) is 9.47 Å². The zero-order valence-corrected chi connectivity index (χ0v) is 9.50. The first kappa shape index (κ1) is 12.0. The summed E-state index contributed by atoms with van der Waals surface area (Å²) in [5.74, 6) is 0. The molecule has 0 bridgehead atoms. The van der Waals surface area contributed by atoms with E-state index in [9.17, 15) is 0 Å². The third kappa shape index (κ3) is 4.40. The Morgan fingerprint density at radius 2 is 2.00 bits per heavy atom. The normalized spacial score (nSPS) is 20.1. The summed E-state index contributed by atoms with van der Waals surface area (Å²) in [6.07, 6.45) is 4.79. The molecule has 1 saturated heterocycles. The van der Waals surface area contributed by atoms with Crippen molar-refractivity contribution in [1.29, 1.82) is 0 Å². The van der Waals surface area contributed by atoms with Gasteiger partial charge in [-0.2, -0.15) is 0 Å². The molecule has 0 amide bonds. The van der Waals surface area contributed by atoms with Gasteiger partial charge in [-0.3, -0.25) is 0 Å². The second-order valence-electron chi connectivity index (χ2n) is 3.85. The molecule has 1 fully saturated rings. The molecule has 0 aromatic rings. The molecule has 0 spiro atoms. The summed E-state index contributed by atoms with van der Waals surface area (Å²) >= 11 is 0.